The highest BCUT2D eigenvalue weighted by molar-refractivity contribution is 6.42. The summed E-state index contributed by atoms with van der Waals surface area (Å²) >= 11 is 11.8. The average Bonchev–Trinajstić information content (AvgIpc) is 2.62. The first kappa shape index (κ1) is 9.32. The molecule has 0 radical (unpaired) electrons. The Morgan fingerprint density at radius 3 is 2.69 bits per heavy atom. The molecule has 1 saturated heterocycles. The van der Waals surface area contributed by atoms with Crippen LogP contribution in [0.4, 0.5) is 0 Å². The third-order valence-corrected chi connectivity index (χ3v) is 3.15. The lowest BCUT2D eigenvalue weighted by Gasteiger charge is -2.10. The average molecular weight is 216 g/mol. The first-order valence-corrected chi connectivity index (χ1v) is 5.21. The summed E-state index contributed by atoms with van der Waals surface area (Å²) in [6, 6.07) is 6.32. The van der Waals surface area contributed by atoms with Crippen molar-refractivity contribution in [2.75, 3.05) is 6.54 Å². The summed E-state index contributed by atoms with van der Waals surface area (Å²) in [7, 11) is 0. The molecule has 0 unspecified atom stereocenters. The standard InChI is InChI=1S/C10H11Cl2N/c11-8-4-3-7(6-9(8)12)10-2-1-5-13-10/h3-4,6,10,13H,1-2,5H2/t10-/m0/s1. The molecule has 3 heteroatoms. The van der Waals surface area contributed by atoms with Crippen LogP contribution in [0.2, 0.25) is 10.0 Å². The van der Waals surface area contributed by atoms with Gasteiger partial charge in [-0.25, -0.2) is 0 Å². The molecule has 0 aromatic heterocycles. The van der Waals surface area contributed by atoms with E-state index in [1.165, 1.54) is 18.4 Å². The van der Waals surface area contributed by atoms with Crippen LogP contribution in [0, 0.1) is 0 Å². The fraction of sp³-hybridized carbons (Fsp3) is 0.400. The highest BCUT2D eigenvalue weighted by Crippen LogP contribution is 2.29. The molecule has 1 aromatic carbocycles. The lowest BCUT2D eigenvalue weighted by molar-refractivity contribution is 0.648. The Morgan fingerprint density at radius 1 is 1.23 bits per heavy atom. The van der Waals surface area contributed by atoms with Gasteiger partial charge in [0.25, 0.3) is 0 Å². The van der Waals surface area contributed by atoms with Gasteiger partial charge >= 0.3 is 0 Å². The van der Waals surface area contributed by atoms with E-state index in [-0.39, 0.29) is 0 Å². The Hall–Kier alpha value is -0.240. The maximum Gasteiger partial charge on any atom is 0.0595 e. The second-order valence-electron chi connectivity index (χ2n) is 3.32. The number of benzene rings is 1. The van der Waals surface area contributed by atoms with Gasteiger partial charge in [0, 0.05) is 6.04 Å². The minimum atomic E-state index is 0.467. The molecule has 2 rings (SSSR count). The predicted octanol–water partition coefficient (Wildman–Crippen LogP) is 3.42. The third-order valence-electron chi connectivity index (χ3n) is 2.41. The summed E-state index contributed by atoms with van der Waals surface area (Å²) in [4.78, 5) is 0. The van der Waals surface area contributed by atoms with Gasteiger partial charge < -0.3 is 5.32 Å². The van der Waals surface area contributed by atoms with E-state index in [0.717, 1.165) is 6.54 Å². The number of hydrogen-bond acceptors (Lipinski definition) is 1. The second-order valence-corrected chi connectivity index (χ2v) is 4.14. The van der Waals surface area contributed by atoms with Crippen molar-refractivity contribution in [3.63, 3.8) is 0 Å². The van der Waals surface area contributed by atoms with Gasteiger partial charge in [-0.2, -0.15) is 0 Å². The summed E-state index contributed by atoms with van der Waals surface area (Å²) in [6.45, 7) is 1.10. The summed E-state index contributed by atoms with van der Waals surface area (Å²) in [5, 5.41) is 4.69. The largest absolute Gasteiger partial charge is 0.310 e. The van der Waals surface area contributed by atoms with Gasteiger partial charge in [-0.15, -0.1) is 0 Å². The van der Waals surface area contributed by atoms with Gasteiger partial charge in [0.05, 0.1) is 10.0 Å². The van der Waals surface area contributed by atoms with Crippen LogP contribution in [0.1, 0.15) is 24.4 Å². The van der Waals surface area contributed by atoms with Gasteiger partial charge in [0.1, 0.15) is 0 Å². The van der Waals surface area contributed by atoms with Gasteiger partial charge in [-0.3, -0.25) is 0 Å². The van der Waals surface area contributed by atoms with E-state index in [0.29, 0.717) is 16.1 Å². The monoisotopic (exact) mass is 215 g/mol. The van der Waals surface area contributed by atoms with Crippen molar-refractivity contribution in [2.45, 2.75) is 18.9 Å². The zero-order chi connectivity index (χ0) is 9.26. The lowest BCUT2D eigenvalue weighted by Crippen LogP contribution is -2.12. The number of hydrogen-bond donors (Lipinski definition) is 1. The minimum Gasteiger partial charge on any atom is -0.310 e. The van der Waals surface area contributed by atoms with Crippen molar-refractivity contribution in [2.24, 2.45) is 0 Å². The molecule has 70 valence electrons. The van der Waals surface area contributed by atoms with Crippen LogP contribution in [0.3, 0.4) is 0 Å². The van der Waals surface area contributed by atoms with Gasteiger partial charge in [0.2, 0.25) is 0 Å². The normalized spacial score (nSPS) is 22.2. The van der Waals surface area contributed by atoms with Crippen LogP contribution in [0.5, 0.6) is 0 Å². The van der Waals surface area contributed by atoms with Crippen molar-refractivity contribution < 1.29 is 0 Å². The highest BCUT2D eigenvalue weighted by Gasteiger charge is 2.16. The van der Waals surface area contributed by atoms with Crippen LogP contribution < -0.4 is 5.32 Å². The van der Waals surface area contributed by atoms with Gasteiger partial charge in [-0.1, -0.05) is 29.3 Å². The Morgan fingerprint density at radius 2 is 2.08 bits per heavy atom. The van der Waals surface area contributed by atoms with E-state index < -0.39 is 0 Å². The third kappa shape index (κ3) is 1.98. The van der Waals surface area contributed by atoms with Crippen LogP contribution in [-0.2, 0) is 0 Å². The predicted molar refractivity (Wildman–Crippen MR) is 56.4 cm³/mol. The van der Waals surface area contributed by atoms with Crippen LogP contribution >= 0.6 is 23.2 Å². The molecule has 1 heterocycles. The zero-order valence-electron chi connectivity index (χ0n) is 7.19. The highest BCUT2D eigenvalue weighted by atomic mass is 35.5. The molecule has 0 spiro atoms. The van der Waals surface area contributed by atoms with E-state index in [1.807, 2.05) is 18.2 Å². The number of rotatable bonds is 1. The summed E-state index contributed by atoms with van der Waals surface area (Å²) in [5.41, 5.74) is 1.24. The van der Waals surface area contributed by atoms with E-state index in [9.17, 15) is 0 Å². The Balaban J connectivity index is 2.25. The molecule has 1 fully saturated rings. The molecular formula is C10H11Cl2N. The number of nitrogens with one attached hydrogen (secondary N) is 1. The summed E-state index contributed by atoms with van der Waals surface area (Å²) < 4.78 is 0. The molecule has 1 aliphatic heterocycles. The zero-order valence-corrected chi connectivity index (χ0v) is 8.70. The minimum absolute atomic E-state index is 0.467. The topological polar surface area (TPSA) is 12.0 Å². The van der Waals surface area contributed by atoms with Crippen molar-refractivity contribution >= 4 is 23.2 Å². The quantitative estimate of drug-likeness (QED) is 0.758. The molecule has 13 heavy (non-hydrogen) atoms. The molecule has 1 N–H and O–H groups in total. The SMILES string of the molecule is Clc1ccc([C@@H]2CCCN2)cc1Cl. The summed E-state index contributed by atoms with van der Waals surface area (Å²) in [6.07, 6.45) is 2.43. The van der Waals surface area contributed by atoms with Crippen LogP contribution in [0.15, 0.2) is 18.2 Å². The molecular weight excluding hydrogens is 205 g/mol. The Bertz CT molecular complexity index is 306. The first-order valence-electron chi connectivity index (χ1n) is 4.46. The second kappa shape index (κ2) is 3.87. The van der Waals surface area contributed by atoms with Crippen molar-refractivity contribution in [3.05, 3.63) is 33.8 Å². The van der Waals surface area contributed by atoms with Crippen molar-refractivity contribution in [1.82, 2.24) is 5.32 Å². The lowest BCUT2D eigenvalue weighted by atomic mass is 10.1. The molecule has 1 aromatic rings. The Labute approximate surface area is 88.0 Å². The smallest absolute Gasteiger partial charge is 0.0595 e. The maximum atomic E-state index is 5.93. The van der Waals surface area contributed by atoms with E-state index in [1.54, 1.807) is 0 Å². The molecule has 0 saturated carbocycles. The fourth-order valence-corrected chi connectivity index (χ4v) is 2.00. The van der Waals surface area contributed by atoms with Crippen LogP contribution in [0.25, 0.3) is 0 Å². The molecule has 1 aliphatic rings. The van der Waals surface area contributed by atoms with Crippen molar-refractivity contribution in [3.8, 4) is 0 Å². The fourth-order valence-electron chi connectivity index (χ4n) is 1.70. The van der Waals surface area contributed by atoms with Crippen LogP contribution in [-0.4, -0.2) is 6.54 Å². The van der Waals surface area contributed by atoms with Gasteiger partial charge in [0.15, 0.2) is 0 Å². The molecule has 1 atom stereocenters. The molecule has 1 nitrogen and oxygen atoms in total. The van der Waals surface area contributed by atoms with E-state index in [4.69, 9.17) is 23.2 Å². The first-order chi connectivity index (χ1) is 6.27. The number of halogens is 2. The van der Waals surface area contributed by atoms with Gasteiger partial charge in [-0.05, 0) is 37.1 Å². The molecule has 0 bridgehead atoms. The maximum absolute atomic E-state index is 5.93. The van der Waals surface area contributed by atoms with Crippen molar-refractivity contribution in [1.29, 1.82) is 0 Å². The molecule has 0 aliphatic carbocycles. The van der Waals surface area contributed by atoms with E-state index in [2.05, 4.69) is 5.32 Å². The Kier molecular flexibility index (Phi) is 2.77. The molecule has 0 amide bonds. The summed E-state index contributed by atoms with van der Waals surface area (Å²) in [5.74, 6) is 0. The van der Waals surface area contributed by atoms with E-state index >= 15 is 0 Å².